The molecule has 6 heteroatoms. The van der Waals surface area contributed by atoms with Crippen LogP contribution in [0.25, 0.3) is 33.3 Å². The second-order valence-electron chi connectivity index (χ2n) is 10.4. The number of nitrogens with zero attached hydrogens (tertiary/aromatic N) is 4. The molecule has 0 fully saturated rings. The van der Waals surface area contributed by atoms with Gasteiger partial charge in [-0.25, -0.2) is 0 Å². The summed E-state index contributed by atoms with van der Waals surface area (Å²) in [7, 11) is 4.07. The van der Waals surface area contributed by atoms with Gasteiger partial charge < -0.3 is 18.8 Å². The van der Waals surface area contributed by atoms with Crippen molar-refractivity contribution in [2.24, 2.45) is 7.05 Å². The van der Waals surface area contributed by atoms with E-state index in [0.717, 1.165) is 39.0 Å². The zero-order chi connectivity index (χ0) is 26.0. The van der Waals surface area contributed by atoms with Crippen LogP contribution in [0.3, 0.4) is 0 Å². The van der Waals surface area contributed by atoms with E-state index in [9.17, 15) is 0 Å². The van der Waals surface area contributed by atoms with Crippen LogP contribution in [-0.2, 0) is 32.6 Å². The van der Waals surface area contributed by atoms with Crippen molar-refractivity contribution in [3.63, 3.8) is 0 Å². The number of aryl methyl sites for hydroxylation is 1. The number of aromatic nitrogens is 2. The fourth-order valence-electron chi connectivity index (χ4n) is 5.69. The van der Waals surface area contributed by atoms with Gasteiger partial charge in [0, 0.05) is 36.4 Å². The monoisotopic (exact) mass is 688 g/mol. The number of para-hydroxylation sites is 2. The second-order valence-corrected chi connectivity index (χ2v) is 10.4. The standard InChI is InChI=1S/C23H18N2O.C10H9N2.Ir/c1-23(2)16-8-6-9-18-22(16)25(13-24(18)3)19-12-21-15(11-17(19)23)14-7-4-5-10-20(14)26-21;1-12-8-7-11-10(12)9-5-3-2-4-6-9;/h4-11,13H,1-3H3;2-5,7-8H,1H3;/q-2;-1;+3. The van der Waals surface area contributed by atoms with Crippen LogP contribution in [0.4, 0.5) is 17.1 Å². The minimum atomic E-state index is -0.0980. The van der Waals surface area contributed by atoms with Crippen LogP contribution in [0.5, 0.6) is 0 Å². The van der Waals surface area contributed by atoms with E-state index in [1.807, 2.05) is 54.2 Å². The van der Waals surface area contributed by atoms with Crippen LogP contribution < -0.4 is 9.80 Å². The first-order valence-electron chi connectivity index (χ1n) is 12.8. The predicted molar refractivity (Wildman–Crippen MR) is 153 cm³/mol. The maximum Gasteiger partial charge on any atom is 3.00 e. The van der Waals surface area contributed by atoms with Crippen LogP contribution in [0.15, 0.2) is 89.6 Å². The normalized spacial score (nSPS) is 14.5. The molecule has 0 bridgehead atoms. The first-order chi connectivity index (χ1) is 18.4. The fraction of sp³-hybridized carbons (Fsp3) is 0.152. The molecule has 4 aromatic carbocycles. The number of hydrogen-bond donors (Lipinski definition) is 0. The van der Waals surface area contributed by atoms with E-state index in [-0.39, 0.29) is 25.5 Å². The Morgan fingerprint density at radius 2 is 1.74 bits per heavy atom. The SMILES string of the molecule is CN1[CH-]N2c3[c-]c4oc5ccccc5c4cc3C(C)(C)c3cccc1c32.Cn1ccnc1-c1[c-]cccc1.[Ir+3]. The second kappa shape index (κ2) is 9.40. The molecule has 2 aliphatic heterocycles. The third kappa shape index (κ3) is 3.90. The molecule has 8 rings (SSSR count). The Bertz CT molecular complexity index is 1820. The summed E-state index contributed by atoms with van der Waals surface area (Å²) >= 11 is 0. The van der Waals surface area contributed by atoms with Gasteiger partial charge in [0.2, 0.25) is 0 Å². The Hall–Kier alpha value is -3.86. The number of furan rings is 1. The number of hydrogen-bond acceptors (Lipinski definition) is 4. The summed E-state index contributed by atoms with van der Waals surface area (Å²) in [5.74, 6) is 0.954. The van der Waals surface area contributed by atoms with Gasteiger partial charge in [0.1, 0.15) is 5.58 Å². The zero-order valence-electron chi connectivity index (χ0n) is 22.2. The van der Waals surface area contributed by atoms with Crippen molar-refractivity contribution in [1.82, 2.24) is 9.55 Å². The van der Waals surface area contributed by atoms with Gasteiger partial charge in [0.25, 0.3) is 0 Å². The number of anilines is 3. The number of rotatable bonds is 1. The minimum absolute atomic E-state index is 0. The Balaban J connectivity index is 0.000000180. The molecule has 2 aromatic heterocycles. The molecule has 0 spiro atoms. The zero-order valence-corrected chi connectivity index (χ0v) is 24.6. The van der Waals surface area contributed by atoms with Crippen LogP contribution in [-0.4, -0.2) is 16.6 Å². The van der Waals surface area contributed by atoms with Crippen LogP contribution in [0.1, 0.15) is 25.0 Å². The molecule has 0 unspecified atom stereocenters. The molecule has 0 saturated heterocycles. The van der Waals surface area contributed by atoms with Gasteiger partial charge in [-0.1, -0.05) is 55.3 Å². The Morgan fingerprint density at radius 3 is 2.51 bits per heavy atom. The largest absolute Gasteiger partial charge is 3.00 e. The molecule has 39 heavy (non-hydrogen) atoms. The van der Waals surface area contributed by atoms with Gasteiger partial charge in [-0.2, -0.15) is 12.7 Å². The molecule has 194 valence electrons. The molecule has 5 nitrogen and oxygen atoms in total. The van der Waals surface area contributed by atoms with Gasteiger partial charge in [0.05, 0.1) is 5.82 Å². The summed E-state index contributed by atoms with van der Waals surface area (Å²) in [6.45, 7) is 6.76. The summed E-state index contributed by atoms with van der Waals surface area (Å²) in [4.78, 5) is 8.66. The first-order valence-corrected chi connectivity index (χ1v) is 12.8. The molecular formula is C33H27IrN4O. The maximum absolute atomic E-state index is 6.10. The summed E-state index contributed by atoms with van der Waals surface area (Å²) in [5.41, 5.74) is 8.90. The van der Waals surface area contributed by atoms with Crippen LogP contribution in [0, 0.1) is 18.8 Å². The molecule has 0 aliphatic carbocycles. The Kier molecular flexibility index (Phi) is 6.13. The summed E-state index contributed by atoms with van der Waals surface area (Å²) in [5, 5.41) is 2.29. The molecule has 4 heterocycles. The maximum atomic E-state index is 6.10. The van der Waals surface area contributed by atoms with Crippen molar-refractivity contribution < 1.29 is 24.5 Å². The molecule has 6 aromatic rings. The third-order valence-corrected chi connectivity index (χ3v) is 7.69. The van der Waals surface area contributed by atoms with E-state index in [2.05, 4.69) is 90.9 Å². The molecule has 0 N–H and O–H groups in total. The average Bonchev–Trinajstić information content (AvgIpc) is 3.63. The van der Waals surface area contributed by atoms with E-state index < -0.39 is 0 Å². The summed E-state index contributed by atoms with van der Waals surface area (Å²) in [6, 6.07) is 31.7. The number of fused-ring (bicyclic) bond motifs is 5. The van der Waals surface area contributed by atoms with Gasteiger partial charge in [-0.05, 0) is 35.5 Å². The van der Waals surface area contributed by atoms with Gasteiger partial charge in [0.15, 0.2) is 0 Å². The Labute approximate surface area is 242 Å². The fourth-order valence-corrected chi connectivity index (χ4v) is 5.69. The minimum Gasteiger partial charge on any atom is -0.504 e. The summed E-state index contributed by atoms with van der Waals surface area (Å²) < 4.78 is 8.08. The Morgan fingerprint density at radius 1 is 0.923 bits per heavy atom. The van der Waals surface area contributed by atoms with Gasteiger partial charge in [-0.3, -0.25) is 4.98 Å². The molecule has 0 amide bonds. The van der Waals surface area contributed by atoms with E-state index in [4.69, 9.17) is 4.42 Å². The smallest absolute Gasteiger partial charge is 0.504 e. The molecule has 0 atom stereocenters. The van der Waals surface area contributed by atoms with Crippen molar-refractivity contribution in [2.75, 3.05) is 16.8 Å². The van der Waals surface area contributed by atoms with Crippen molar-refractivity contribution in [3.8, 4) is 11.4 Å². The molecular weight excluding hydrogens is 661 g/mol. The van der Waals surface area contributed by atoms with E-state index in [1.165, 1.54) is 22.5 Å². The van der Waals surface area contributed by atoms with E-state index >= 15 is 0 Å². The quantitative estimate of drug-likeness (QED) is 0.167. The molecule has 0 saturated carbocycles. The van der Waals surface area contributed by atoms with Crippen LogP contribution >= 0.6 is 0 Å². The molecule has 0 radical (unpaired) electrons. The van der Waals surface area contributed by atoms with E-state index in [0.29, 0.717) is 0 Å². The number of imidazole rings is 1. The van der Waals surface area contributed by atoms with E-state index in [1.54, 1.807) is 6.20 Å². The first kappa shape index (κ1) is 25.4. The predicted octanol–water partition coefficient (Wildman–Crippen LogP) is 7.62. The van der Waals surface area contributed by atoms with Gasteiger partial charge in [-0.15, -0.1) is 47.5 Å². The molecule has 2 aliphatic rings. The van der Waals surface area contributed by atoms with Gasteiger partial charge >= 0.3 is 20.1 Å². The summed E-state index contributed by atoms with van der Waals surface area (Å²) in [6.07, 6.45) is 3.71. The number of benzene rings is 4. The van der Waals surface area contributed by atoms with Crippen molar-refractivity contribution >= 4 is 39.0 Å². The van der Waals surface area contributed by atoms with Crippen LogP contribution in [0.2, 0.25) is 0 Å². The van der Waals surface area contributed by atoms with Crippen molar-refractivity contribution in [1.29, 1.82) is 0 Å². The van der Waals surface area contributed by atoms with Crippen molar-refractivity contribution in [2.45, 2.75) is 19.3 Å². The van der Waals surface area contributed by atoms with Crippen molar-refractivity contribution in [3.05, 3.63) is 115 Å². The third-order valence-electron chi connectivity index (χ3n) is 7.69. The average molecular weight is 688 g/mol. The topological polar surface area (TPSA) is 37.4 Å².